The van der Waals surface area contributed by atoms with Crippen molar-refractivity contribution in [3.63, 3.8) is 0 Å². The molecular formula is C20H16F3N3O4S. The van der Waals surface area contributed by atoms with E-state index in [1.807, 2.05) is 0 Å². The Morgan fingerprint density at radius 1 is 0.742 bits per heavy atom. The fourth-order valence-electron chi connectivity index (χ4n) is 2.47. The predicted octanol–water partition coefficient (Wildman–Crippen LogP) is 5.03. The van der Waals surface area contributed by atoms with Crippen molar-refractivity contribution in [1.82, 2.24) is 0 Å². The maximum atomic E-state index is 12.4. The lowest BCUT2D eigenvalue weighted by Gasteiger charge is -2.11. The van der Waals surface area contributed by atoms with Crippen LogP contribution in [-0.2, 0) is 10.0 Å². The molecule has 0 fully saturated rings. The number of ether oxygens (including phenoxy) is 1. The van der Waals surface area contributed by atoms with Gasteiger partial charge in [-0.2, -0.15) is 0 Å². The molecule has 3 aromatic carbocycles. The number of sulfonamides is 1. The van der Waals surface area contributed by atoms with Gasteiger partial charge in [0.2, 0.25) is 0 Å². The number of nitrogens with one attached hydrogen (secondary N) is 3. The van der Waals surface area contributed by atoms with E-state index in [1.54, 1.807) is 30.3 Å². The maximum Gasteiger partial charge on any atom is 0.573 e. The molecule has 3 rings (SSSR count). The van der Waals surface area contributed by atoms with Crippen LogP contribution in [-0.4, -0.2) is 20.8 Å². The minimum atomic E-state index is -4.80. The van der Waals surface area contributed by atoms with Crippen LogP contribution in [0.25, 0.3) is 0 Å². The second kappa shape index (κ2) is 8.96. The third-order valence-electron chi connectivity index (χ3n) is 3.79. The topological polar surface area (TPSA) is 96.5 Å². The highest BCUT2D eigenvalue weighted by Gasteiger charge is 2.30. The summed E-state index contributed by atoms with van der Waals surface area (Å²) >= 11 is 0. The van der Waals surface area contributed by atoms with Crippen molar-refractivity contribution < 1.29 is 31.1 Å². The molecule has 31 heavy (non-hydrogen) atoms. The van der Waals surface area contributed by atoms with Crippen molar-refractivity contribution in [3.05, 3.63) is 78.9 Å². The third-order valence-corrected chi connectivity index (χ3v) is 5.19. The van der Waals surface area contributed by atoms with E-state index in [2.05, 4.69) is 20.1 Å². The van der Waals surface area contributed by atoms with Gasteiger partial charge in [0.05, 0.1) is 4.90 Å². The van der Waals surface area contributed by atoms with Crippen LogP contribution in [0.15, 0.2) is 83.8 Å². The van der Waals surface area contributed by atoms with Gasteiger partial charge in [-0.3, -0.25) is 4.72 Å². The molecule has 0 bridgehead atoms. The number of amides is 2. The van der Waals surface area contributed by atoms with Gasteiger partial charge in [-0.05, 0) is 60.7 Å². The molecule has 0 spiro atoms. The number of alkyl halides is 3. The minimum absolute atomic E-state index is 0.00237. The standard InChI is InChI=1S/C20H16F3N3O4S/c21-20(22,23)30-17-10-6-14(7-11-17)24-19(27)25-15-8-12-18(13-9-15)31(28,29)26-16-4-2-1-3-5-16/h1-13,26H,(H2,24,25,27). The summed E-state index contributed by atoms with van der Waals surface area (Å²) in [5.41, 5.74) is 0.960. The van der Waals surface area contributed by atoms with Crippen LogP contribution in [0.4, 0.5) is 35.0 Å². The van der Waals surface area contributed by atoms with Crippen molar-refractivity contribution in [3.8, 4) is 5.75 Å². The average molecular weight is 451 g/mol. The Bertz CT molecular complexity index is 1140. The SMILES string of the molecule is O=C(Nc1ccc(OC(F)(F)F)cc1)Nc1ccc(S(=O)(=O)Nc2ccccc2)cc1. The van der Waals surface area contributed by atoms with Crippen LogP contribution in [0.2, 0.25) is 0 Å². The highest BCUT2D eigenvalue weighted by atomic mass is 32.2. The largest absolute Gasteiger partial charge is 0.573 e. The van der Waals surface area contributed by atoms with Crippen LogP contribution in [0, 0.1) is 0 Å². The first-order chi connectivity index (χ1) is 14.6. The van der Waals surface area contributed by atoms with E-state index in [-0.39, 0.29) is 10.6 Å². The number of hydrogen-bond acceptors (Lipinski definition) is 4. The Morgan fingerprint density at radius 3 is 1.77 bits per heavy atom. The van der Waals surface area contributed by atoms with E-state index in [0.29, 0.717) is 11.4 Å². The van der Waals surface area contributed by atoms with E-state index in [0.717, 1.165) is 12.1 Å². The van der Waals surface area contributed by atoms with Gasteiger partial charge >= 0.3 is 12.4 Å². The highest BCUT2D eigenvalue weighted by molar-refractivity contribution is 7.92. The predicted molar refractivity (Wildman–Crippen MR) is 109 cm³/mol. The number of carbonyl (C=O) groups is 1. The molecule has 0 radical (unpaired) electrons. The zero-order chi connectivity index (χ0) is 22.5. The molecule has 3 N–H and O–H groups in total. The first-order valence-corrected chi connectivity index (χ1v) is 10.2. The Balaban J connectivity index is 1.58. The van der Waals surface area contributed by atoms with E-state index >= 15 is 0 Å². The van der Waals surface area contributed by atoms with Crippen molar-refractivity contribution in [2.45, 2.75) is 11.3 Å². The molecule has 162 valence electrons. The fourth-order valence-corrected chi connectivity index (χ4v) is 3.53. The molecule has 0 aliphatic carbocycles. The number of rotatable bonds is 6. The molecule has 0 aromatic heterocycles. The van der Waals surface area contributed by atoms with E-state index in [1.165, 1.54) is 36.4 Å². The molecule has 0 heterocycles. The molecule has 0 aliphatic rings. The average Bonchev–Trinajstić information content (AvgIpc) is 2.69. The lowest BCUT2D eigenvalue weighted by atomic mass is 10.3. The minimum Gasteiger partial charge on any atom is -0.406 e. The Kier molecular flexibility index (Phi) is 6.35. The number of anilines is 3. The van der Waals surface area contributed by atoms with E-state index < -0.39 is 28.2 Å². The molecule has 0 saturated heterocycles. The number of hydrogen-bond donors (Lipinski definition) is 3. The normalized spacial score (nSPS) is 11.5. The van der Waals surface area contributed by atoms with Gasteiger partial charge in [-0.25, -0.2) is 13.2 Å². The lowest BCUT2D eigenvalue weighted by Crippen LogP contribution is -2.20. The molecule has 2 amide bonds. The summed E-state index contributed by atoms with van der Waals surface area (Å²) < 4.78 is 67.5. The van der Waals surface area contributed by atoms with Crippen molar-refractivity contribution in [1.29, 1.82) is 0 Å². The lowest BCUT2D eigenvalue weighted by molar-refractivity contribution is -0.274. The first-order valence-electron chi connectivity index (χ1n) is 8.72. The van der Waals surface area contributed by atoms with Crippen LogP contribution >= 0.6 is 0 Å². The molecule has 7 nitrogen and oxygen atoms in total. The zero-order valence-corrected chi connectivity index (χ0v) is 16.5. The Labute approximate surface area is 175 Å². The molecule has 0 unspecified atom stereocenters. The number of urea groups is 1. The summed E-state index contributed by atoms with van der Waals surface area (Å²) in [7, 11) is -3.79. The van der Waals surface area contributed by atoms with Gasteiger partial charge in [0, 0.05) is 17.1 Å². The maximum absolute atomic E-state index is 12.4. The summed E-state index contributed by atoms with van der Waals surface area (Å²) in [6.45, 7) is 0. The van der Waals surface area contributed by atoms with Gasteiger partial charge in [0.1, 0.15) is 5.75 Å². The smallest absolute Gasteiger partial charge is 0.406 e. The first kappa shape index (κ1) is 22.0. The van der Waals surface area contributed by atoms with Gasteiger partial charge in [0.15, 0.2) is 0 Å². The Morgan fingerprint density at radius 2 is 1.26 bits per heavy atom. The van der Waals surface area contributed by atoms with Crippen LogP contribution < -0.4 is 20.1 Å². The molecular weight excluding hydrogens is 435 g/mol. The highest BCUT2D eigenvalue weighted by Crippen LogP contribution is 2.24. The van der Waals surface area contributed by atoms with Crippen molar-refractivity contribution in [2.24, 2.45) is 0 Å². The number of halogens is 3. The van der Waals surface area contributed by atoms with Crippen LogP contribution in [0.1, 0.15) is 0 Å². The molecule has 3 aromatic rings. The molecule has 0 aliphatic heterocycles. The number of para-hydroxylation sites is 1. The summed E-state index contributed by atoms with van der Waals surface area (Å²) in [4.78, 5) is 12.1. The van der Waals surface area contributed by atoms with Crippen LogP contribution in [0.5, 0.6) is 5.75 Å². The number of benzene rings is 3. The summed E-state index contributed by atoms with van der Waals surface area (Å²) in [6, 6.07) is 17.8. The molecule has 11 heteroatoms. The molecule has 0 atom stereocenters. The fraction of sp³-hybridized carbons (Fsp3) is 0.0500. The van der Waals surface area contributed by atoms with Crippen molar-refractivity contribution >= 4 is 33.1 Å². The summed E-state index contributed by atoms with van der Waals surface area (Å²) in [5, 5.41) is 4.94. The van der Waals surface area contributed by atoms with Gasteiger partial charge in [0.25, 0.3) is 10.0 Å². The summed E-state index contributed by atoms with van der Waals surface area (Å²) in [5.74, 6) is -0.417. The van der Waals surface area contributed by atoms with Crippen molar-refractivity contribution in [2.75, 3.05) is 15.4 Å². The van der Waals surface area contributed by atoms with Gasteiger partial charge in [-0.15, -0.1) is 13.2 Å². The van der Waals surface area contributed by atoms with Crippen LogP contribution in [0.3, 0.4) is 0 Å². The second-order valence-corrected chi connectivity index (χ2v) is 7.83. The zero-order valence-electron chi connectivity index (χ0n) is 15.7. The van der Waals surface area contributed by atoms with Gasteiger partial charge < -0.3 is 15.4 Å². The second-order valence-electron chi connectivity index (χ2n) is 6.15. The number of carbonyl (C=O) groups excluding carboxylic acids is 1. The van der Waals surface area contributed by atoms with E-state index in [9.17, 15) is 26.4 Å². The quantitative estimate of drug-likeness (QED) is 0.490. The summed E-state index contributed by atoms with van der Waals surface area (Å²) in [6.07, 6.45) is -4.80. The monoisotopic (exact) mass is 451 g/mol. The Hall–Kier alpha value is -3.73. The van der Waals surface area contributed by atoms with E-state index in [4.69, 9.17) is 0 Å². The third kappa shape index (κ3) is 6.64. The van der Waals surface area contributed by atoms with Gasteiger partial charge in [-0.1, -0.05) is 18.2 Å². The molecule has 0 saturated carbocycles.